The van der Waals surface area contributed by atoms with Crippen molar-refractivity contribution in [3.63, 3.8) is 0 Å². The third kappa shape index (κ3) is 3.82. The minimum Gasteiger partial charge on any atom is -0.494 e. The number of hydrogen-bond acceptors (Lipinski definition) is 6. The molecule has 19 heavy (non-hydrogen) atoms. The zero-order valence-electron chi connectivity index (χ0n) is 10.7. The van der Waals surface area contributed by atoms with E-state index < -0.39 is 0 Å². The lowest BCUT2D eigenvalue weighted by atomic mass is 10.3. The van der Waals surface area contributed by atoms with Crippen molar-refractivity contribution in [2.45, 2.75) is 13.3 Å². The van der Waals surface area contributed by atoms with Gasteiger partial charge < -0.3 is 14.9 Å². The summed E-state index contributed by atoms with van der Waals surface area (Å²) in [5, 5.41) is 0. The Morgan fingerprint density at radius 1 is 1.16 bits per heavy atom. The van der Waals surface area contributed by atoms with Gasteiger partial charge in [-0.2, -0.15) is 4.98 Å². The third-order valence-corrected chi connectivity index (χ3v) is 2.28. The van der Waals surface area contributed by atoms with E-state index in [9.17, 15) is 0 Å². The molecule has 0 fully saturated rings. The van der Waals surface area contributed by atoms with Gasteiger partial charge in [-0.3, -0.25) is 4.98 Å². The first-order valence-corrected chi connectivity index (χ1v) is 6.01. The van der Waals surface area contributed by atoms with Gasteiger partial charge in [0.25, 0.3) is 0 Å². The maximum absolute atomic E-state index is 5.56. The molecular formula is C13H16N4O2. The van der Waals surface area contributed by atoms with E-state index in [2.05, 4.69) is 22.3 Å². The standard InChI is InChI=1S/C13H16N4O2/c1-2-7-18-10-3-5-11(6-4-10)19-13-9-15-8-12(16-13)17-14/h3-6,8-9H,2,7,14H2,1H3,(H,16,17). The van der Waals surface area contributed by atoms with Gasteiger partial charge in [-0.25, -0.2) is 5.84 Å². The van der Waals surface area contributed by atoms with E-state index in [0.29, 0.717) is 24.1 Å². The molecule has 1 heterocycles. The van der Waals surface area contributed by atoms with Gasteiger partial charge >= 0.3 is 0 Å². The molecule has 2 aromatic rings. The van der Waals surface area contributed by atoms with E-state index in [1.807, 2.05) is 24.3 Å². The lowest BCUT2D eigenvalue weighted by Gasteiger charge is -2.07. The molecule has 0 aliphatic carbocycles. The molecule has 2 rings (SSSR count). The van der Waals surface area contributed by atoms with Crippen molar-refractivity contribution < 1.29 is 9.47 Å². The van der Waals surface area contributed by atoms with Crippen LogP contribution in [0.4, 0.5) is 5.82 Å². The smallest absolute Gasteiger partial charge is 0.239 e. The fourth-order valence-electron chi connectivity index (χ4n) is 1.41. The molecule has 1 aromatic carbocycles. The van der Waals surface area contributed by atoms with Crippen molar-refractivity contribution in [1.82, 2.24) is 9.97 Å². The maximum Gasteiger partial charge on any atom is 0.239 e. The number of anilines is 1. The van der Waals surface area contributed by atoms with Gasteiger partial charge in [0, 0.05) is 0 Å². The zero-order valence-corrected chi connectivity index (χ0v) is 10.7. The molecule has 0 amide bonds. The predicted octanol–water partition coefficient (Wildman–Crippen LogP) is 2.34. The van der Waals surface area contributed by atoms with Gasteiger partial charge in [-0.05, 0) is 30.7 Å². The minimum atomic E-state index is 0.373. The van der Waals surface area contributed by atoms with Crippen LogP contribution in [0.2, 0.25) is 0 Å². The van der Waals surface area contributed by atoms with Gasteiger partial charge in [0.1, 0.15) is 11.5 Å². The van der Waals surface area contributed by atoms with Gasteiger partial charge in [0.15, 0.2) is 5.82 Å². The van der Waals surface area contributed by atoms with E-state index in [1.165, 1.54) is 12.4 Å². The molecule has 1 aromatic heterocycles. The summed E-state index contributed by atoms with van der Waals surface area (Å²) in [5.74, 6) is 7.55. The minimum absolute atomic E-state index is 0.373. The molecular weight excluding hydrogens is 244 g/mol. The summed E-state index contributed by atoms with van der Waals surface area (Å²) in [6.07, 6.45) is 4.00. The van der Waals surface area contributed by atoms with Crippen LogP contribution in [-0.2, 0) is 0 Å². The number of benzene rings is 1. The molecule has 0 saturated heterocycles. The average Bonchev–Trinajstić information content (AvgIpc) is 2.47. The summed E-state index contributed by atoms with van der Waals surface area (Å²) in [5.41, 5.74) is 2.41. The Bertz CT molecular complexity index is 516. The Labute approximate surface area is 111 Å². The number of nitrogens with zero attached hydrogens (tertiary/aromatic N) is 2. The fraction of sp³-hybridized carbons (Fsp3) is 0.231. The van der Waals surface area contributed by atoms with Crippen LogP contribution in [0, 0.1) is 0 Å². The Hall–Kier alpha value is -2.34. The molecule has 0 aliphatic rings. The normalized spacial score (nSPS) is 10.0. The predicted molar refractivity (Wildman–Crippen MR) is 72.1 cm³/mol. The van der Waals surface area contributed by atoms with E-state index in [1.54, 1.807) is 0 Å². The molecule has 0 spiro atoms. The summed E-state index contributed by atoms with van der Waals surface area (Å²) in [6.45, 7) is 2.77. The Kier molecular flexibility index (Phi) is 4.52. The molecule has 0 bridgehead atoms. The summed E-state index contributed by atoms with van der Waals surface area (Å²) < 4.78 is 11.0. The van der Waals surface area contributed by atoms with Crippen molar-refractivity contribution in [3.05, 3.63) is 36.7 Å². The molecule has 6 heteroatoms. The van der Waals surface area contributed by atoms with Crippen LogP contribution in [0.15, 0.2) is 36.7 Å². The van der Waals surface area contributed by atoms with Crippen LogP contribution in [-0.4, -0.2) is 16.6 Å². The monoisotopic (exact) mass is 260 g/mol. The van der Waals surface area contributed by atoms with Crippen LogP contribution in [0.1, 0.15) is 13.3 Å². The third-order valence-electron chi connectivity index (χ3n) is 2.28. The highest BCUT2D eigenvalue weighted by atomic mass is 16.5. The number of aromatic nitrogens is 2. The molecule has 0 unspecified atom stereocenters. The van der Waals surface area contributed by atoms with Crippen molar-refractivity contribution in [1.29, 1.82) is 0 Å². The number of rotatable bonds is 6. The quantitative estimate of drug-likeness (QED) is 0.612. The van der Waals surface area contributed by atoms with Gasteiger partial charge in [-0.15, -0.1) is 0 Å². The van der Waals surface area contributed by atoms with Crippen LogP contribution in [0.5, 0.6) is 17.4 Å². The summed E-state index contributed by atoms with van der Waals surface area (Å²) in [4.78, 5) is 8.06. The highest BCUT2D eigenvalue weighted by Gasteiger charge is 2.01. The molecule has 0 radical (unpaired) electrons. The Morgan fingerprint density at radius 3 is 2.58 bits per heavy atom. The van der Waals surface area contributed by atoms with Crippen LogP contribution >= 0.6 is 0 Å². The van der Waals surface area contributed by atoms with Crippen LogP contribution in [0.3, 0.4) is 0 Å². The van der Waals surface area contributed by atoms with E-state index in [4.69, 9.17) is 15.3 Å². The lowest BCUT2D eigenvalue weighted by molar-refractivity contribution is 0.317. The summed E-state index contributed by atoms with van der Waals surface area (Å²) in [7, 11) is 0. The van der Waals surface area contributed by atoms with Crippen LogP contribution < -0.4 is 20.7 Å². The highest BCUT2D eigenvalue weighted by molar-refractivity contribution is 5.35. The second-order valence-corrected chi connectivity index (χ2v) is 3.81. The van der Waals surface area contributed by atoms with E-state index in [-0.39, 0.29) is 0 Å². The second-order valence-electron chi connectivity index (χ2n) is 3.81. The van der Waals surface area contributed by atoms with Crippen molar-refractivity contribution in [2.24, 2.45) is 5.84 Å². The molecule has 6 nitrogen and oxygen atoms in total. The first kappa shape index (κ1) is 13.1. The molecule has 3 N–H and O–H groups in total. The maximum atomic E-state index is 5.56. The fourth-order valence-corrected chi connectivity index (χ4v) is 1.41. The van der Waals surface area contributed by atoms with E-state index in [0.717, 1.165) is 12.2 Å². The summed E-state index contributed by atoms with van der Waals surface area (Å²) in [6, 6.07) is 7.33. The molecule has 0 atom stereocenters. The topological polar surface area (TPSA) is 82.3 Å². The highest BCUT2D eigenvalue weighted by Crippen LogP contribution is 2.22. The van der Waals surface area contributed by atoms with Crippen LogP contribution in [0.25, 0.3) is 0 Å². The molecule has 0 aliphatic heterocycles. The number of nitrogens with one attached hydrogen (secondary N) is 1. The van der Waals surface area contributed by atoms with Crippen molar-refractivity contribution in [3.8, 4) is 17.4 Å². The number of hydrazine groups is 1. The number of nitrogen functional groups attached to an aromatic ring is 1. The van der Waals surface area contributed by atoms with Gasteiger partial charge in [0.05, 0.1) is 19.0 Å². The summed E-state index contributed by atoms with van der Waals surface area (Å²) >= 11 is 0. The number of ether oxygens (including phenoxy) is 2. The first-order chi connectivity index (χ1) is 9.31. The Morgan fingerprint density at radius 2 is 1.89 bits per heavy atom. The second kappa shape index (κ2) is 6.55. The molecule has 100 valence electrons. The van der Waals surface area contributed by atoms with Gasteiger partial charge in [0.2, 0.25) is 5.88 Å². The largest absolute Gasteiger partial charge is 0.494 e. The average molecular weight is 260 g/mol. The zero-order chi connectivity index (χ0) is 13.5. The van der Waals surface area contributed by atoms with Gasteiger partial charge in [-0.1, -0.05) is 6.92 Å². The number of hydrogen-bond donors (Lipinski definition) is 2. The molecule has 0 saturated carbocycles. The first-order valence-electron chi connectivity index (χ1n) is 6.01. The van der Waals surface area contributed by atoms with Crippen molar-refractivity contribution in [2.75, 3.05) is 12.0 Å². The Balaban J connectivity index is 2.02. The van der Waals surface area contributed by atoms with E-state index >= 15 is 0 Å². The lowest BCUT2D eigenvalue weighted by Crippen LogP contribution is -2.08. The van der Waals surface area contributed by atoms with Crippen molar-refractivity contribution >= 4 is 5.82 Å². The SMILES string of the molecule is CCCOc1ccc(Oc2cncc(NN)n2)cc1. The number of nitrogens with two attached hydrogens (primary N) is 1.